The minimum absolute atomic E-state index is 1.11. The molecule has 0 fully saturated rings. The quantitative estimate of drug-likeness (QED) is 0.143. The molecule has 0 amide bonds. The second-order valence-corrected chi connectivity index (χ2v) is 9.10. The number of hydrogen-bond donors (Lipinski definition) is 0. The topological polar surface area (TPSA) is 8.81 Å². The Balaban J connectivity index is 2.12. The molecule has 0 aliphatic rings. The molecular formula is C27H53N2+. The van der Waals surface area contributed by atoms with Crippen LogP contribution in [0.25, 0.3) is 0 Å². The van der Waals surface area contributed by atoms with Crippen molar-refractivity contribution >= 4 is 0 Å². The summed E-state index contributed by atoms with van der Waals surface area (Å²) >= 11 is 0. The van der Waals surface area contributed by atoms with Gasteiger partial charge in [-0.2, -0.15) is 0 Å². The Hall–Kier alpha value is -0.790. The summed E-state index contributed by atoms with van der Waals surface area (Å²) in [5, 5.41) is 0. The van der Waals surface area contributed by atoms with E-state index < -0.39 is 0 Å². The molecule has 0 atom stereocenters. The van der Waals surface area contributed by atoms with Crippen LogP contribution in [0.4, 0.5) is 0 Å². The molecule has 0 N–H and O–H groups in total. The van der Waals surface area contributed by atoms with Crippen LogP contribution in [0.2, 0.25) is 0 Å². The first-order valence-electron chi connectivity index (χ1n) is 13.4. The van der Waals surface area contributed by atoms with E-state index in [0.717, 1.165) is 6.54 Å². The Kier molecular flexibility index (Phi) is 17.4. The lowest BCUT2D eigenvalue weighted by Crippen LogP contribution is -2.37. The number of imidazole rings is 1. The van der Waals surface area contributed by atoms with Crippen LogP contribution in [0.1, 0.15) is 142 Å². The summed E-state index contributed by atoms with van der Waals surface area (Å²) in [6.45, 7) is 9.20. The summed E-state index contributed by atoms with van der Waals surface area (Å²) < 4.78 is 5.02. The smallest absolute Gasteiger partial charge is 0.235 e. The van der Waals surface area contributed by atoms with Crippen molar-refractivity contribution in [3.8, 4) is 0 Å². The zero-order chi connectivity index (χ0) is 21.0. The summed E-state index contributed by atoms with van der Waals surface area (Å²) in [5.41, 5.74) is 0. The Morgan fingerprint density at radius 3 is 1.52 bits per heavy atom. The van der Waals surface area contributed by atoms with Gasteiger partial charge in [-0.3, -0.25) is 0 Å². The summed E-state index contributed by atoms with van der Waals surface area (Å²) in [7, 11) is 0. The molecule has 0 saturated heterocycles. The van der Waals surface area contributed by atoms with E-state index in [-0.39, 0.29) is 0 Å². The fourth-order valence-electron chi connectivity index (χ4n) is 4.46. The minimum atomic E-state index is 1.11. The monoisotopic (exact) mass is 405 g/mol. The van der Waals surface area contributed by atoms with E-state index >= 15 is 0 Å². The van der Waals surface area contributed by atoms with E-state index in [2.05, 4.69) is 42.3 Å². The van der Waals surface area contributed by atoms with Crippen molar-refractivity contribution in [1.82, 2.24) is 4.57 Å². The van der Waals surface area contributed by atoms with Crippen molar-refractivity contribution in [2.45, 2.75) is 156 Å². The van der Waals surface area contributed by atoms with E-state index in [0.29, 0.717) is 0 Å². The lowest BCUT2D eigenvalue weighted by molar-refractivity contribution is -0.704. The highest BCUT2D eigenvalue weighted by Gasteiger charge is 2.15. The average Bonchev–Trinajstić information content (AvgIpc) is 3.13. The molecule has 0 aromatic carbocycles. The Bertz CT molecular complexity index is 463. The number of hydrogen-bond acceptors (Lipinski definition) is 0. The molecule has 2 nitrogen and oxygen atoms in total. The van der Waals surface area contributed by atoms with Crippen LogP contribution in [0.3, 0.4) is 0 Å². The number of aryl methyl sites for hydroxylation is 2. The number of nitrogens with zero attached hydrogens (tertiary/aromatic N) is 2. The van der Waals surface area contributed by atoms with Gasteiger partial charge in [0.05, 0.1) is 13.1 Å². The molecule has 0 saturated carbocycles. The highest BCUT2D eigenvalue weighted by molar-refractivity contribution is 4.83. The first kappa shape index (κ1) is 26.2. The third kappa shape index (κ3) is 13.2. The SMILES string of the molecule is CCCCCCCCCCCCC[n+]1ccn(CC)c1CCCCCCCCC. The van der Waals surface area contributed by atoms with Gasteiger partial charge in [0, 0.05) is 6.42 Å². The van der Waals surface area contributed by atoms with E-state index in [9.17, 15) is 0 Å². The number of unbranched alkanes of at least 4 members (excludes halogenated alkanes) is 16. The Morgan fingerprint density at radius 2 is 1.03 bits per heavy atom. The fourth-order valence-corrected chi connectivity index (χ4v) is 4.46. The van der Waals surface area contributed by atoms with Gasteiger partial charge in [0.2, 0.25) is 0 Å². The van der Waals surface area contributed by atoms with Gasteiger partial charge < -0.3 is 0 Å². The molecule has 0 unspecified atom stereocenters. The summed E-state index contributed by atoms with van der Waals surface area (Å²) in [4.78, 5) is 0. The van der Waals surface area contributed by atoms with E-state index in [1.165, 1.54) is 129 Å². The molecule has 0 aliphatic heterocycles. The zero-order valence-corrected chi connectivity index (χ0v) is 20.4. The van der Waals surface area contributed by atoms with Gasteiger partial charge >= 0.3 is 0 Å². The maximum absolute atomic E-state index is 2.55. The Morgan fingerprint density at radius 1 is 0.586 bits per heavy atom. The van der Waals surface area contributed by atoms with Crippen molar-refractivity contribution < 1.29 is 4.57 Å². The standard InChI is InChI=1S/C27H53N2/c1-4-7-9-11-13-14-15-16-18-20-22-24-29-26-25-28(6-3)27(29)23-21-19-17-12-10-8-5-2/h25-26H,4-24H2,1-3H3/q+1. The van der Waals surface area contributed by atoms with Gasteiger partial charge in [-0.25, -0.2) is 9.13 Å². The highest BCUT2D eigenvalue weighted by Crippen LogP contribution is 2.12. The highest BCUT2D eigenvalue weighted by atomic mass is 15.1. The van der Waals surface area contributed by atoms with Crippen molar-refractivity contribution in [2.75, 3.05) is 0 Å². The molecule has 2 heteroatoms. The van der Waals surface area contributed by atoms with Crippen molar-refractivity contribution in [3.05, 3.63) is 18.2 Å². The van der Waals surface area contributed by atoms with Gasteiger partial charge in [-0.05, 0) is 26.2 Å². The normalized spacial score (nSPS) is 11.4. The van der Waals surface area contributed by atoms with E-state index in [1.807, 2.05) is 0 Å². The molecule has 29 heavy (non-hydrogen) atoms. The molecule has 1 heterocycles. The average molecular weight is 406 g/mol. The van der Waals surface area contributed by atoms with Crippen LogP contribution >= 0.6 is 0 Å². The van der Waals surface area contributed by atoms with Gasteiger partial charge in [0.15, 0.2) is 0 Å². The molecule has 1 rings (SSSR count). The van der Waals surface area contributed by atoms with Crippen LogP contribution in [0, 0.1) is 0 Å². The number of aromatic nitrogens is 2. The maximum Gasteiger partial charge on any atom is 0.256 e. The molecule has 0 spiro atoms. The van der Waals surface area contributed by atoms with E-state index in [1.54, 1.807) is 5.82 Å². The number of rotatable bonds is 21. The summed E-state index contributed by atoms with van der Waals surface area (Å²) in [6, 6.07) is 0. The lowest BCUT2D eigenvalue weighted by Gasteiger charge is -2.05. The van der Waals surface area contributed by atoms with Crippen molar-refractivity contribution in [1.29, 1.82) is 0 Å². The van der Waals surface area contributed by atoms with Gasteiger partial charge in [0.25, 0.3) is 5.82 Å². The second kappa shape index (κ2) is 19.2. The first-order valence-corrected chi connectivity index (χ1v) is 13.4. The third-order valence-corrected chi connectivity index (χ3v) is 6.44. The molecular weight excluding hydrogens is 352 g/mol. The van der Waals surface area contributed by atoms with Gasteiger partial charge in [-0.1, -0.05) is 110 Å². The molecule has 1 aromatic rings. The minimum Gasteiger partial charge on any atom is -0.235 e. The molecule has 170 valence electrons. The maximum atomic E-state index is 2.55. The fraction of sp³-hybridized carbons (Fsp3) is 0.889. The van der Waals surface area contributed by atoms with Crippen LogP contribution in [0.5, 0.6) is 0 Å². The molecule has 1 aromatic heterocycles. The predicted octanol–water partition coefficient (Wildman–Crippen LogP) is 8.40. The zero-order valence-electron chi connectivity index (χ0n) is 20.4. The van der Waals surface area contributed by atoms with Crippen molar-refractivity contribution in [2.24, 2.45) is 0 Å². The molecule has 0 aliphatic carbocycles. The lowest BCUT2D eigenvalue weighted by atomic mass is 10.1. The van der Waals surface area contributed by atoms with Crippen LogP contribution < -0.4 is 4.57 Å². The largest absolute Gasteiger partial charge is 0.256 e. The van der Waals surface area contributed by atoms with Gasteiger partial charge in [0.1, 0.15) is 12.4 Å². The van der Waals surface area contributed by atoms with Gasteiger partial charge in [-0.15, -0.1) is 0 Å². The van der Waals surface area contributed by atoms with Crippen molar-refractivity contribution in [3.63, 3.8) is 0 Å². The van der Waals surface area contributed by atoms with E-state index in [4.69, 9.17) is 0 Å². The predicted molar refractivity (Wildman–Crippen MR) is 128 cm³/mol. The third-order valence-electron chi connectivity index (χ3n) is 6.44. The second-order valence-electron chi connectivity index (χ2n) is 9.10. The van der Waals surface area contributed by atoms with Crippen LogP contribution in [0.15, 0.2) is 12.4 Å². The molecule has 0 bridgehead atoms. The Labute approximate surface area is 183 Å². The van der Waals surface area contributed by atoms with Crippen LogP contribution in [-0.2, 0) is 19.5 Å². The molecule has 0 radical (unpaired) electrons. The van der Waals surface area contributed by atoms with Crippen LogP contribution in [-0.4, -0.2) is 4.57 Å². The summed E-state index contributed by atoms with van der Waals surface area (Å²) in [6.07, 6.45) is 31.4. The first-order chi connectivity index (χ1) is 14.3. The summed E-state index contributed by atoms with van der Waals surface area (Å²) in [5.74, 6) is 1.56.